The summed E-state index contributed by atoms with van der Waals surface area (Å²) in [6.07, 6.45) is 23.8. The summed E-state index contributed by atoms with van der Waals surface area (Å²) in [5.74, 6) is -2.88. The molecule has 2 rings (SSSR count). The molecule has 36 heteroatoms. The molecule has 0 spiro atoms. The van der Waals surface area contributed by atoms with E-state index in [0.29, 0.717) is 280 Å². The number of alkyl carbamates (subject to hydrolysis) is 1. The molecule has 13 N–H and O–H groups in total. The molecule has 0 aromatic heterocycles. The van der Waals surface area contributed by atoms with Crippen molar-refractivity contribution in [3.63, 3.8) is 0 Å². The molecule has 5 amide bonds. The van der Waals surface area contributed by atoms with Gasteiger partial charge in [-0.15, -0.1) is 0 Å². The van der Waals surface area contributed by atoms with E-state index >= 15 is 0 Å². The largest absolute Gasteiger partial charge is 0.508 e. The number of nitrogens with one attached hydrogen (secondary N) is 4. The van der Waals surface area contributed by atoms with Gasteiger partial charge in [0, 0.05) is 32.5 Å². The van der Waals surface area contributed by atoms with E-state index in [4.69, 9.17) is 122 Å². The summed E-state index contributed by atoms with van der Waals surface area (Å²) in [5, 5.41) is 21.1. The van der Waals surface area contributed by atoms with Crippen LogP contribution in [0.4, 0.5) is 4.79 Å². The average molecular weight is 1820 g/mol. The van der Waals surface area contributed by atoms with Crippen LogP contribution in [0, 0.1) is 13.8 Å². The second-order valence-corrected chi connectivity index (χ2v) is 29.8. The Morgan fingerprint density at radius 2 is 0.685 bits per heavy atom. The number of carbonyl (C=O) groups is 5. The summed E-state index contributed by atoms with van der Waals surface area (Å²) in [6.45, 7) is 24.6. The van der Waals surface area contributed by atoms with Gasteiger partial charge < -0.3 is 149 Å². The summed E-state index contributed by atoms with van der Waals surface area (Å²) in [4.78, 5) is 70.9. The number of guanidine groups is 1. The topological polar surface area (TPSA) is 464 Å². The summed E-state index contributed by atoms with van der Waals surface area (Å²) in [6, 6.07) is 7.45. The first-order chi connectivity index (χ1) is 62.2. The van der Waals surface area contributed by atoms with Crippen molar-refractivity contribution in [1.82, 2.24) is 21.3 Å². The molecule has 0 fully saturated rings. The fourth-order valence-electron chi connectivity index (χ4n) is 12.2. The zero-order valence-corrected chi connectivity index (χ0v) is 77.1. The Kier molecular flexibility index (Phi) is 81.6. The van der Waals surface area contributed by atoms with E-state index in [2.05, 4.69) is 45.3 Å². The molecule has 0 saturated carbocycles. The van der Waals surface area contributed by atoms with Crippen LogP contribution in [-0.2, 0) is 131 Å². The third kappa shape index (κ3) is 75.9. The van der Waals surface area contributed by atoms with Crippen molar-refractivity contribution in [1.29, 1.82) is 0 Å². The molecule has 0 saturated heterocycles. The van der Waals surface area contributed by atoms with Crippen molar-refractivity contribution in [2.24, 2.45) is 27.9 Å². The number of hydrogen-bond acceptors (Lipinski definition) is 29. The number of phenolic OH excluding ortho intramolecular Hbond substituents is 1. The average Bonchev–Trinajstić information content (AvgIpc) is 0.828. The van der Waals surface area contributed by atoms with Crippen LogP contribution in [0.2, 0.25) is 0 Å². The van der Waals surface area contributed by atoms with Crippen molar-refractivity contribution in [3.8, 4) is 5.75 Å². The monoisotopic (exact) mass is 1810 g/mol. The SMILES string of the molecule is CCCCCCCC/C=C\CCCCCCCCOCCOCCOCCOCCOCCOCCOCCOCCOCCOCCOCCOCCOCCOCCOCCOCCOCCOCCOCCOCCOC(=O)NCCCC[C@H](NC(=O)[C@H](Cc1c(C)cc(O)cc1C)NC(=O)[C@H](N)CCCN=C(N)N)C(=O)N[C@@H](Cc1ccccc1)C(N)=O. The third-order valence-electron chi connectivity index (χ3n) is 19.1. The van der Waals surface area contributed by atoms with Crippen molar-refractivity contribution in [2.45, 2.75) is 180 Å². The van der Waals surface area contributed by atoms with E-state index in [9.17, 15) is 29.1 Å². The number of allylic oxidation sites excluding steroid dienone is 2. The molecular weight excluding hydrogens is 1650 g/mol. The maximum atomic E-state index is 14.3. The van der Waals surface area contributed by atoms with E-state index in [-0.39, 0.29) is 70.3 Å². The number of hydrogen-bond donors (Lipinski definition) is 9. The lowest BCUT2D eigenvalue weighted by Gasteiger charge is -2.26. The molecule has 4 atom stereocenters. The van der Waals surface area contributed by atoms with E-state index < -0.39 is 53.9 Å². The molecule has 0 aliphatic heterocycles. The highest BCUT2D eigenvalue weighted by molar-refractivity contribution is 5.95. The van der Waals surface area contributed by atoms with Crippen molar-refractivity contribution >= 4 is 35.7 Å². The second-order valence-electron chi connectivity index (χ2n) is 29.8. The van der Waals surface area contributed by atoms with Crippen LogP contribution >= 0.6 is 0 Å². The predicted octanol–water partition coefficient (Wildman–Crippen LogP) is 6.38. The Hall–Kier alpha value is -6.44. The number of phenols is 1. The lowest BCUT2D eigenvalue weighted by atomic mass is 9.95. The van der Waals surface area contributed by atoms with Gasteiger partial charge >= 0.3 is 6.09 Å². The number of rotatable bonds is 96. The minimum absolute atomic E-state index is 0.0138. The first-order valence-electron chi connectivity index (χ1n) is 46.2. The number of carbonyl (C=O) groups excluding carboxylic acids is 5. The van der Waals surface area contributed by atoms with Crippen molar-refractivity contribution < 1.29 is 129 Å². The lowest BCUT2D eigenvalue weighted by molar-refractivity contribution is -0.133. The van der Waals surface area contributed by atoms with E-state index in [1.165, 1.54) is 83.5 Å². The highest BCUT2D eigenvalue weighted by Gasteiger charge is 2.31. The number of aromatic hydroxyl groups is 1. The van der Waals surface area contributed by atoms with E-state index in [1.807, 2.05) is 6.07 Å². The Bertz CT molecular complexity index is 2920. The van der Waals surface area contributed by atoms with Gasteiger partial charge in [0.15, 0.2) is 5.96 Å². The van der Waals surface area contributed by atoms with Gasteiger partial charge in [-0.3, -0.25) is 24.2 Å². The zero-order chi connectivity index (χ0) is 91.7. The van der Waals surface area contributed by atoms with Crippen LogP contribution in [0.25, 0.3) is 0 Å². The number of primary amides is 1. The van der Waals surface area contributed by atoms with Crippen LogP contribution < -0.4 is 44.2 Å². The number of amides is 5. The maximum Gasteiger partial charge on any atom is 0.407 e. The minimum atomic E-state index is -1.23. The summed E-state index contributed by atoms with van der Waals surface area (Å²) >= 11 is 0. The third-order valence-corrected chi connectivity index (χ3v) is 19.1. The van der Waals surface area contributed by atoms with Gasteiger partial charge in [0.1, 0.15) is 30.5 Å². The highest BCUT2D eigenvalue weighted by Crippen LogP contribution is 2.23. The van der Waals surface area contributed by atoms with Gasteiger partial charge in [-0.2, -0.15) is 0 Å². The molecule has 2 aromatic rings. The molecule has 0 radical (unpaired) electrons. The quantitative estimate of drug-likeness (QED) is 0.0150. The Balaban J connectivity index is 1.29. The minimum Gasteiger partial charge on any atom is -0.508 e. The molecule has 2 aromatic carbocycles. The molecule has 734 valence electrons. The second kappa shape index (κ2) is 88.8. The van der Waals surface area contributed by atoms with Gasteiger partial charge in [-0.1, -0.05) is 107 Å². The number of aryl methyl sites for hydroxylation is 2. The number of nitrogens with zero attached hydrogens (tertiary/aromatic N) is 1. The fourth-order valence-corrected chi connectivity index (χ4v) is 12.2. The summed E-state index contributed by atoms with van der Waals surface area (Å²) in [5.41, 5.74) is 25.6. The van der Waals surface area contributed by atoms with Crippen LogP contribution in [-0.4, -0.2) is 349 Å². The van der Waals surface area contributed by atoms with E-state index in [0.717, 1.165) is 18.6 Å². The van der Waals surface area contributed by atoms with E-state index in [1.54, 1.807) is 50.2 Å². The van der Waals surface area contributed by atoms with Crippen LogP contribution in [0.3, 0.4) is 0 Å². The zero-order valence-electron chi connectivity index (χ0n) is 77.1. The number of unbranched alkanes of at least 4 members (excludes halogenated alkanes) is 13. The van der Waals surface area contributed by atoms with Gasteiger partial charge in [0.2, 0.25) is 23.6 Å². The molecule has 36 nitrogen and oxygen atoms in total. The lowest BCUT2D eigenvalue weighted by Crippen LogP contribution is -2.58. The smallest absolute Gasteiger partial charge is 0.407 e. The number of benzene rings is 2. The van der Waals surface area contributed by atoms with Crippen LogP contribution in [0.1, 0.15) is 151 Å². The Morgan fingerprint density at radius 3 is 1.05 bits per heavy atom. The molecule has 0 aliphatic rings. The van der Waals surface area contributed by atoms with Gasteiger partial charge in [-0.05, 0) is 112 Å². The van der Waals surface area contributed by atoms with Crippen molar-refractivity contribution in [2.75, 3.05) is 284 Å². The number of nitrogens with two attached hydrogens (primary N) is 4. The standard InChI is InChI=1S/C91H163N9O27/c1-4-5-6-7-8-9-10-11-12-13-14-15-16-17-18-24-32-107-33-34-108-35-36-109-37-38-110-39-40-111-41-42-112-43-44-113-45-46-114-47-48-115-49-50-116-51-52-117-53-54-118-55-56-119-57-58-120-59-60-121-61-62-122-63-64-123-65-66-124-67-68-125-69-70-126-71-72-127-91(106)97-30-23-22-29-83(88(104)99-84(86(93)102)75-79-26-20-19-21-27-79)98-89(105)85(76-81-77(2)73-80(101)74-78(81)3)100-87(103)82(92)28-25-31-96-90(94)95/h11-12,19-21,26-27,73-74,82-85,101H,4-10,13-18,22-25,28-72,75-76,92H2,1-3H3,(H2,93,102)(H,97,106)(H,98,105)(H,99,104)(H,100,103)(H4,94,95,96)/b12-11-/t82-,83+,84+,85+/m1/s1. The number of aliphatic imine (C=N–C) groups is 1. The molecule has 0 aliphatic carbocycles. The Labute approximate surface area is 756 Å². The van der Waals surface area contributed by atoms with Crippen molar-refractivity contribution in [3.05, 3.63) is 76.9 Å². The van der Waals surface area contributed by atoms with Gasteiger partial charge in [0.25, 0.3) is 0 Å². The summed E-state index contributed by atoms with van der Waals surface area (Å²) < 4.78 is 117. The molecular formula is C91H163N9O27. The first-order valence-corrected chi connectivity index (χ1v) is 46.2. The normalized spacial score (nSPS) is 12.5. The molecule has 127 heavy (non-hydrogen) atoms. The molecule has 0 bridgehead atoms. The predicted molar refractivity (Wildman–Crippen MR) is 483 cm³/mol. The van der Waals surface area contributed by atoms with Gasteiger partial charge in [0.05, 0.1) is 264 Å². The maximum absolute atomic E-state index is 14.3. The van der Waals surface area contributed by atoms with Crippen LogP contribution in [0.15, 0.2) is 59.6 Å². The molecule has 0 unspecified atom stereocenters. The van der Waals surface area contributed by atoms with Gasteiger partial charge in [-0.25, -0.2) is 4.79 Å². The Morgan fingerprint density at radius 1 is 0.362 bits per heavy atom. The first kappa shape index (κ1) is 117. The fraction of sp³-hybridized carbons (Fsp3) is 0.780. The highest BCUT2D eigenvalue weighted by atomic mass is 16.6. The van der Waals surface area contributed by atoms with Crippen LogP contribution in [0.5, 0.6) is 5.75 Å². The summed E-state index contributed by atoms with van der Waals surface area (Å²) in [7, 11) is 0. The number of ether oxygens (including phenoxy) is 21. The molecule has 0 heterocycles.